The molecule has 1 aromatic heterocycles. The smallest absolute Gasteiger partial charge is 0.223 e. The molecule has 0 radical (unpaired) electrons. The summed E-state index contributed by atoms with van der Waals surface area (Å²) in [6, 6.07) is 10.1. The molecule has 1 atom stereocenters. The van der Waals surface area contributed by atoms with Crippen molar-refractivity contribution in [3.8, 4) is 0 Å². The van der Waals surface area contributed by atoms with E-state index in [-0.39, 0.29) is 11.9 Å². The first kappa shape index (κ1) is 19.0. The van der Waals surface area contributed by atoms with Crippen LogP contribution in [0.15, 0.2) is 30.3 Å². The van der Waals surface area contributed by atoms with Gasteiger partial charge in [0.05, 0.1) is 5.69 Å². The van der Waals surface area contributed by atoms with Gasteiger partial charge >= 0.3 is 0 Å². The molecule has 0 aliphatic carbocycles. The number of nitrogens with zero attached hydrogens (tertiary/aromatic N) is 4. The van der Waals surface area contributed by atoms with Crippen LogP contribution >= 0.6 is 0 Å². The predicted molar refractivity (Wildman–Crippen MR) is 102 cm³/mol. The lowest BCUT2D eigenvalue weighted by molar-refractivity contribution is -0.129. The van der Waals surface area contributed by atoms with Crippen molar-refractivity contribution in [2.24, 2.45) is 7.05 Å². The third kappa shape index (κ3) is 4.60. The van der Waals surface area contributed by atoms with Gasteiger partial charge in [-0.3, -0.25) is 9.48 Å². The van der Waals surface area contributed by atoms with E-state index in [2.05, 4.69) is 27.4 Å². The molecule has 6 nitrogen and oxygen atoms in total. The van der Waals surface area contributed by atoms with Crippen molar-refractivity contribution in [3.05, 3.63) is 47.2 Å². The molecule has 6 heteroatoms. The quantitative estimate of drug-likeness (QED) is 0.836. The van der Waals surface area contributed by atoms with Gasteiger partial charge in [0.2, 0.25) is 5.91 Å². The molecule has 25 heavy (non-hydrogen) atoms. The normalized spacial score (nSPS) is 12.1. The molecule has 1 heterocycles. The highest BCUT2D eigenvalue weighted by atomic mass is 16.2. The molecule has 0 bridgehead atoms. The first-order valence-corrected chi connectivity index (χ1v) is 8.49. The maximum atomic E-state index is 12.2. The summed E-state index contributed by atoms with van der Waals surface area (Å²) in [5, 5.41) is 8.09. The highest BCUT2D eigenvalue weighted by molar-refractivity contribution is 5.76. The molecule has 1 unspecified atom stereocenters. The van der Waals surface area contributed by atoms with Crippen LogP contribution in [0.3, 0.4) is 0 Å². The Labute approximate surface area is 150 Å². The lowest BCUT2D eigenvalue weighted by atomic mass is 10.0. The molecular formula is C19H29N5O. The van der Waals surface area contributed by atoms with Crippen molar-refractivity contribution in [2.75, 3.05) is 33.1 Å². The van der Waals surface area contributed by atoms with Gasteiger partial charge in [0, 0.05) is 59.8 Å². The second kappa shape index (κ2) is 8.16. The molecule has 1 aromatic carbocycles. The Morgan fingerprint density at radius 2 is 1.84 bits per heavy atom. The number of nitrogens with one attached hydrogen (secondary N) is 1. The van der Waals surface area contributed by atoms with Crippen molar-refractivity contribution in [1.82, 2.24) is 20.0 Å². The molecule has 0 saturated heterocycles. The van der Waals surface area contributed by atoms with E-state index in [9.17, 15) is 4.79 Å². The zero-order valence-corrected chi connectivity index (χ0v) is 16.1. The molecule has 0 aliphatic rings. The maximum Gasteiger partial charge on any atom is 0.223 e. The first-order valence-electron chi connectivity index (χ1n) is 8.49. The lowest BCUT2D eigenvalue weighted by Crippen LogP contribution is -2.30. The fourth-order valence-electron chi connectivity index (χ4n) is 3.03. The third-order valence-electron chi connectivity index (χ3n) is 4.34. The molecule has 2 aromatic rings. The minimum absolute atomic E-state index is 0.0364. The van der Waals surface area contributed by atoms with Crippen LogP contribution in [0.4, 0.5) is 5.82 Å². The van der Waals surface area contributed by atoms with Crippen LogP contribution in [0.2, 0.25) is 0 Å². The van der Waals surface area contributed by atoms with Crippen LogP contribution in [-0.4, -0.2) is 48.8 Å². The van der Waals surface area contributed by atoms with Gasteiger partial charge in [-0.2, -0.15) is 5.10 Å². The van der Waals surface area contributed by atoms with Gasteiger partial charge < -0.3 is 15.1 Å². The summed E-state index contributed by atoms with van der Waals surface area (Å²) < 4.78 is 1.90. The van der Waals surface area contributed by atoms with E-state index in [1.54, 1.807) is 19.0 Å². The number of aryl methyl sites for hydroxylation is 2. The molecule has 2 rings (SSSR count). The minimum Gasteiger partial charge on any atom is -0.363 e. The molecule has 1 amide bonds. The minimum atomic E-state index is -0.0364. The average molecular weight is 343 g/mol. The van der Waals surface area contributed by atoms with E-state index in [1.807, 2.05) is 50.9 Å². The average Bonchev–Trinajstić information content (AvgIpc) is 2.85. The maximum absolute atomic E-state index is 12.2. The SMILES string of the molecule is Cc1nn(C)c(N(C)C)c1CNC(CC(=O)N(C)C)c1ccccc1. The second-order valence-electron chi connectivity index (χ2n) is 6.74. The number of benzene rings is 1. The highest BCUT2D eigenvalue weighted by Gasteiger charge is 2.20. The number of aromatic nitrogens is 2. The molecule has 0 spiro atoms. The molecule has 136 valence electrons. The zero-order valence-electron chi connectivity index (χ0n) is 16.1. The van der Waals surface area contributed by atoms with Crippen LogP contribution in [0, 0.1) is 6.92 Å². The van der Waals surface area contributed by atoms with Crippen molar-refractivity contribution in [3.63, 3.8) is 0 Å². The van der Waals surface area contributed by atoms with E-state index < -0.39 is 0 Å². The van der Waals surface area contributed by atoms with Gasteiger partial charge in [0.1, 0.15) is 5.82 Å². The summed E-state index contributed by atoms with van der Waals surface area (Å²) in [6.45, 7) is 2.68. The van der Waals surface area contributed by atoms with Crippen molar-refractivity contribution < 1.29 is 4.79 Å². The Balaban J connectivity index is 2.22. The molecule has 1 N–H and O–H groups in total. The summed E-state index contributed by atoms with van der Waals surface area (Å²) in [6.07, 6.45) is 0.424. The Morgan fingerprint density at radius 1 is 1.20 bits per heavy atom. The summed E-state index contributed by atoms with van der Waals surface area (Å²) in [5.41, 5.74) is 3.28. The first-order chi connectivity index (χ1) is 11.8. The largest absolute Gasteiger partial charge is 0.363 e. The number of anilines is 1. The predicted octanol–water partition coefficient (Wildman–Crippen LogP) is 2.10. The Bertz CT molecular complexity index is 706. The topological polar surface area (TPSA) is 53.4 Å². The van der Waals surface area contributed by atoms with Crippen LogP contribution in [0.5, 0.6) is 0 Å². The summed E-state index contributed by atoms with van der Waals surface area (Å²) in [7, 11) is 9.57. The summed E-state index contributed by atoms with van der Waals surface area (Å²) >= 11 is 0. The van der Waals surface area contributed by atoms with E-state index in [4.69, 9.17) is 0 Å². The van der Waals surface area contributed by atoms with Gasteiger partial charge in [-0.15, -0.1) is 0 Å². The molecular weight excluding hydrogens is 314 g/mol. The number of hydrogen-bond donors (Lipinski definition) is 1. The monoisotopic (exact) mass is 343 g/mol. The van der Waals surface area contributed by atoms with Crippen LogP contribution < -0.4 is 10.2 Å². The van der Waals surface area contributed by atoms with Gasteiger partial charge in [-0.05, 0) is 12.5 Å². The van der Waals surface area contributed by atoms with Crippen molar-refractivity contribution in [2.45, 2.75) is 25.9 Å². The third-order valence-corrected chi connectivity index (χ3v) is 4.34. The zero-order chi connectivity index (χ0) is 18.6. The van der Waals surface area contributed by atoms with Crippen LogP contribution in [-0.2, 0) is 18.4 Å². The fraction of sp³-hybridized carbons (Fsp3) is 0.474. The Hall–Kier alpha value is -2.34. The van der Waals surface area contributed by atoms with E-state index >= 15 is 0 Å². The van der Waals surface area contributed by atoms with E-state index in [0.717, 1.165) is 22.6 Å². The van der Waals surface area contributed by atoms with Crippen LogP contribution in [0.25, 0.3) is 0 Å². The van der Waals surface area contributed by atoms with Crippen molar-refractivity contribution >= 4 is 11.7 Å². The van der Waals surface area contributed by atoms with E-state index in [0.29, 0.717) is 13.0 Å². The number of carbonyl (C=O) groups is 1. The number of hydrogen-bond acceptors (Lipinski definition) is 4. The van der Waals surface area contributed by atoms with Crippen LogP contribution in [0.1, 0.15) is 29.3 Å². The highest BCUT2D eigenvalue weighted by Crippen LogP contribution is 2.24. The van der Waals surface area contributed by atoms with Gasteiger partial charge in [-0.1, -0.05) is 30.3 Å². The number of rotatable bonds is 7. The van der Waals surface area contributed by atoms with Gasteiger partial charge in [0.25, 0.3) is 0 Å². The number of amides is 1. The molecule has 0 aliphatic heterocycles. The van der Waals surface area contributed by atoms with Gasteiger partial charge in [-0.25, -0.2) is 0 Å². The van der Waals surface area contributed by atoms with E-state index in [1.165, 1.54) is 0 Å². The molecule has 0 fully saturated rings. The Morgan fingerprint density at radius 3 is 2.40 bits per heavy atom. The van der Waals surface area contributed by atoms with Crippen molar-refractivity contribution in [1.29, 1.82) is 0 Å². The summed E-state index contributed by atoms with van der Waals surface area (Å²) in [5.74, 6) is 1.19. The summed E-state index contributed by atoms with van der Waals surface area (Å²) in [4.78, 5) is 16.0. The standard InChI is InChI=1S/C19H29N5O/c1-14-16(19(23(4)5)24(6)21-14)13-20-17(12-18(25)22(2)3)15-10-8-7-9-11-15/h7-11,17,20H,12-13H2,1-6H3. The number of carbonyl (C=O) groups excluding carboxylic acids is 1. The second-order valence-corrected chi connectivity index (χ2v) is 6.74. The Kier molecular flexibility index (Phi) is 6.20. The fourth-order valence-corrected chi connectivity index (χ4v) is 3.03. The van der Waals surface area contributed by atoms with Gasteiger partial charge in [0.15, 0.2) is 0 Å². The molecule has 0 saturated carbocycles. The lowest BCUT2D eigenvalue weighted by Gasteiger charge is -2.22.